The maximum absolute atomic E-state index is 6.38. The standard InChI is InChI=1S/C16H20Cl2N2S/c1-3-11(19)9-13-14(17)5-4-6-15(13)20(2)10-12-7-8-16(18)21-12/h4-8,11H,3,9-10,19H2,1-2H3. The predicted octanol–water partition coefficient (Wildman–Crippen LogP) is 4.97. The second kappa shape index (κ2) is 7.50. The largest absolute Gasteiger partial charge is 0.369 e. The Bertz CT molecular complexity index is 598. The van der Waals surface area contributed by atoms with E-state index in [-0.39, 0.29) is 6.04 Å². The molecule has 0 radical (unpaired) electrons. The molecule has 0 saturated carbocycles. The minimum Gasteiger partial charge on any atom is -0.369 e. The summed E-state index contributed by atoms with van der Waals surface area (Å²) in [6.45, 7) is 2.91. The van der Waals surface area contributed by atoms with E-state index in [4.69, 9.17) is 28.9 Å². The number of hydrogen-bond acceptors (Lipinski definition) is 3. The second-order valence-electron chi connectivity index (χ2n) is 5.17. The van der Waals surface area contributed by atoms with Crippen molar-refractivity contribution in [1.29, 1.82) is 0 Å². The molecule has 1 heterocycles. The van der Waals surface area contributed by atoms with Gasteiger partial charge in [0.2, 0.25) is 0 Å². The van der Waals surface area contributed by atoms with E-state index >= 15 is 0 Å². The highest BCUT2D eigenvalue weighted by Crippen LogP contribution is 2.30. The smallest absolute Gasteiger partial charge is 0.0931 e. The van der Waals surface area contributed by atoms with Gasteiger partial charge in [-0.15, -0.1) is 11.3 Å². The van der Waals surface area contributed by atoms with Crippen molar-refractivity contribution in [3.8, 4) is 0 Å². The molecule has 2 nitrogen and oxygen atoms in total. The molecule has 1 aromatic heterocycles. The van der Waals surface area contributed by atoms with Crippen LogP contribution in [0.5, 0.6) is 0 Å². The molecule has 0 aliphatic carbocycles. The van der Waals surface area contributed by atoms with Crippen LogP contribution in [0.25, 0.3) is 0 Å². The highest BCUT2D eigenvalue weighted by Gasteiger charge is 2.14. The molecule has 1 atom stereocenters. The normalized spacial score (nSPS) is 12.4. The zero-order valence-electron chi connectivity index (χ0n) is 12.3. The molecule has 0 aliphatic heterocycles. The lowest BCUT2D eigenvalue weighted by molar-refractivity contribution is 0.645. The average molecular weight is 343 g/mol. The van der Waals surface area contributed by atoms with Gasteiger partial charge in [0.15, 0.2) is 0 Å². The SMILES string of the molecule is CCC(N)Cc1c(Cl)cccc1N(C)Cc1ccc(Cl)s1. The van der Waals surface area contributed by atoms with Gasteiger partial charge in [-0.2, -0.15) is 0 Å². The Balaban J connectivity index is 2.23. The van der Waals surface area contributed by atoms with Crippen molar-refractivity contribution in [2.75, 3.05) is 11.9 Å². The summed E-state index contributed by atoms with van der Waals surface area (Å²) < 4.78 is 0.817. The van der Waals surface area contributed by atoms with Crippen molar-refractivity contribution in [3.05, 3.63) is 50.1 Å². The van der Waals surface area contributed by atoms with E-state index in [0.717, 1.165) is 40.0 Å². The molecule has 5 heteroatoms. The maximum atomic E-state index is 6.38. The molecule has 2 aromatic rings. The van der Waals surface area contributed by atoms with Crippen LogP contribution in [0.4, 0.5) is 5.69 Å². The molecule has 0 aliphatic rings. The first kappa shape index (κ1) is 16.6. The topological polar surface area (TPSA) is 29.3 Å². The summed E-state index contributed by atoms with van der Waals surface area (Å²) in [5.74, 6) is 0. The Labute approximate surface area is 140 Å². The lowest BCUT2D eigenvalue weighted by Gasteiger charge is -2.24. The van der Waals surface area contributed by atoms with Crippen molar-refractivity contribution in [3.63, 3.8) is 0 Å². The number of anilines is 1. The highest BCUT2D eigenvalue weighted by atomic mass is 35.5. The third-order valence-corrected chi connectivity index (χ3v) is 5.09. The first-order valence-corrected chi connectivity index (χ1v) is 8.56. The van der Waals surface area contributed by atoms with E-state index in [1.54, 1.807) is 11.3 Å². The summed E-state index contributed by atoms with van der Waals surface area (Å²) >= 11 is 14.0. The fourth-order valence-corrected chi connectivity index (χ4v) is 3.66. The van der Waals surface area contributed by atoms with Crippen LogP contribution < -0.4 is 10.6 Å². The Hall–Kier alpha value is -0.740. The first-order valence-electron chi connectivity index (χ1n) is 6.99. The quantitative estimate of drug-likeness (QED) is 0.802. The number of hydrogen-bond donors (Lipinski definition) is 1. The minimum atomic E-state index is 0.133. The van der Waals surface area contributed by atoms with Gasteiger partial charge in [-0.05, 0) is 42.7 Å². The molecule has 0 spiro atoms. The summed E-state index contributed by atoms with van der Waals surface area (Å²) in [6.07, 6.45) is 1.73. The molecular formula is C16H20Cl2N2S. The molecule has 0 fully saturated rings. The van der Waals surface area contributed by atoms with E-state index in [9.17, 15) is 0 Å². The van der Waals surface area contributed by atoms with Crippen LogP contribution in [0.3, 0.4) is 0 Å². The van der Waals surface area contributed by atoms with Crippen molar-refractivity contribution >= 4 is 40.2 Å². The molecule has 114 valence electrons. The van der Waals surface area contributed by atoms with Gasteiger partial charge in [-0.1, -0.05) is 36.2 Å². The van der Waals surface area contributed by atoms with Gasteiger partial charge in [-0.3, -0.25) is 0 Å². The van der Waals surface area contributed by atoms with Crippen molar-refractivity contribution < 1.29 is 0 Å². The van der Waals surface area contributed by atoms with Crippen LogP contribution in [0.15, 0.2) is 30.3 Å². The predicted molar refractivity (Wildman–Crippen MR) is 94.9 cm³/mol. The molecule has 1 unspecified atom stereocenters. The van der Waals surface area contributed by atoms with E-state index in [1.807, 2.05) is 18.2 Å². The second-order valence-corrected chi connectivity index (χ2v) is 7.38. The monoisotopic (exact) mass is 342 g/mol. The summed E-state index contributed by atoms with van der Waals surface area (Å²) in [7, 11) is 2.07. The van der Waals surface area contributed by atoms with Crippen LogP contribution >= 0.6 is 34.5 Å². The lowest BCUT2D eigenvalue weighted by atomic mass is 10.0. The zero-order valence-corrected chi connectivity index (χ0v) is 14.6. The third kappa shape index (κ3) is 4.36. The van der Waals surface area contributed by atoms with Gasteiger partial charge in [0.05, 0.1) is 10.9 Å². The molecule has 0 amide bonds. The molecule has 21 heavy (non-hydrogen) atoms. The Morgan fingerprint density at radius 3 is 2.62 bits per heavy atom. The number of thiophene rings is 1. The fourth-order valence-electron chi connectivity index (χ4n) is 2.27. The first-order chi connectivity index (χ1) is 10.0. The lowest BCUT2D eigenvalue weighted by Crippen LogP contribution is -2.24. The number of halogens is 2. The minimum absolute atomic E-state index is 0.133. The zero-order chi connectivity index (χ0) is 15.4. The summed E-state index contributed by atoms with van der Waals surface area (Å²) in [5, 5.41) is 0.785. The van der Waals surface area contributed by atoms with Gasteiger partial charge in [0, 0.05) is 28.7 Å². The molecule has 0 saturated heterocycles. The molecular weight excluding hydrogens is 323 g/mol. The van der Waals surface area contributed by atoms with E-state index in [0.29, 0.717) is 0 Å². The van der Waals surface area contributed by atoms with E-state index in [2.05, 4.69) is 31.0 Å². The van der Waals surface area contributed by atoms with Gasteiger partial charge in [0.25, 0.3) is 0 Å². The van der Waals surface area contributed by atoms with Gasteiger partial charge >= 0.3 is 0 Å². The Morgan fingerprint density at radius 1 is 1.24 bits per heavy atom. The van der Waals surface area contributed by atoms with Crippen LogP contribution in [0, 0.1) is 0 Å². The number of rotatable bonds is 6. The number of nitrogens with zero attached hydrogens (tertiary/aromatic N) is 1. The van der Waals surface area contributed by atoms with Crippen molar-refractivity contribution in [2.45, 2.75) is 32.4 Å². The van der Waals surface area contributed by atoms with Crippen LogP contribution in [0.2, 0.25) is 9.36 Å². The van der Waals surface area contributed by atoms with Crippen LogP contribution in [-0.2, 0) is 13.0 Å². The molecule has 0 bridgehead atoms. The molecule has 2 N–H and O–H groups in total. The Kier molecular flexibility index (Phi) is 5.94. The summed E-state index contributed by atoms with van der Waals surface area (Å²) in [6, 6.07) is 10.1. The van der Waals surface area contributed by atoms with Crippen LogP contribution in [-0.4, -0.2) is 13.1 Å². The highest BCUT2D eigenvalue weighted by molar-refractivity contribution is 7.16. The van der Waals surface area contributed by atoms with Gasteiger partial charge < -0.3 is 10.6 Å². The molecule has 1 aromatic carbocycles. The molecule has 2 rings (SSSR count). The van der Waals surface area contributed by atoms with Crippen LogP contribution in [0.1, 0.15) is 23.8 Å². The average Bonchev–Trinajstić information content (AvgIpc) is 2.86. The van der Waals surface area contributed by atoms with E-state index < -0.39 is 0 Å². The maximum Gasteiger partial charge on any atom is 0.0931 e. The van der Waals surface area contributed by atoms with Crippen molar-refractivity contribution in [2.24, 2.45) is 5.73 Å². The van der Waals surface area contributed by atoms with Gasteiger partial charge in [0.1, 0.15) is 0 Å². The van der Waals surface area contributed by atoms with E-state index in [1.165, 1.54) is 4.88 Å². The number of nitrogens with two attached hydrogens (primary N) is 1. The summed E-state index contributed by atoms with van der Waals surface area (Å²) in [5.41, 5.74) is 8.37. The third-order valence-electron chi connectivity index (χ3n) is 3.52. The fraction of sp³-hybridized carbons (Fsp3) is 0.375. The Morgan fingerprint density at radius 2 is 2.00 bits per heavy atom. The van der Waals surface area contributed by atoms with Crippen molar-refractivity contribution in [1.82, 2.24) is 0 Å². The number of benzene rings is 1. The summed E-state index contributed by atoms with van der Waals surface area (Å²) in [4.78, 5) is 3.43. The van der Waals surface area contributed by atoms with Gasteiger partial charge in [-0.25, -0.2) is 0 Å².